The van der Waals surface area contributed by atoms with Gasteiger partial charge < -0.3 is 19.2 Å². The zero-order valence-electron chi connectivity index (χ0n) is 17.4. The quantitative estimate of drug-likeness (QED) is 0.466. The van der Waals surface area contributed by atoms with E-state index in [2.05, 4.69) is 20.5 Å². The summed E-state index contributed by atoms with van der Waals surface area (Å²) >= 11 is 1.32. The molecular weight excluding hydrogens is 416 g/mol. The molecule has 8 nitrogen and oxygen atoms in total. The van der Waals surface area contributed by atoms with Gasteiger partial charge in [0.05, 0.1) is 19.9 Å². The van der Waals surface area contributed by atoms with Gasteiger partial charge in [-0.3, -0.25) is 4.79 Å². The second kappa shape index (κ2) is 8.57. The van der Waals surface area contributed by atoms with Gasteiger partial charge in [-0.1, -0.05) is 6.07 Å². The molecule has 0 atom stereocenters. The molecule has 0 radical (unpaired) electrons. The molecule has 0 aliphatic rings. The van der Waals surface area contributed by atoms with Crippen LogP contribution in [0, 0.1) is 13.8 Å². The van der Waals surface area contributed by atoms with Crippen LogP contribution < -0.4 is 14.8 Å². The van der Waals surface area contributed by atoms with E-state index >= 15 is 0 Å². The first kappa shape index (κ1) is 20.5. The number of benzene rings is 2. The van der Waals surface area contributed by atoms with E-state index < -0.39 is 0 Å². The van der Waals surface area contributed by atoms with E-state index in [1.54, 1.807) is 14.2 Å². The smallest absolute Gasteiger partial charge is 0.267 e. The Hall–Kier alpha value is -3.72. The Labute approximate surface area is 182 Å². The lowest BCUT2D eigenvalue weighted by molar-refractivity contribution is 0.102. The Morgan fingerprint density at radius 1 is 1.03 bits per heavy atom. The molecule has 0 spiro atoms. The number of methoxy groups -OCH3 is 2. The average Bonchev–Trinajstić information content (AvgIpc) is 3.45. The monoisotopic (exact) mass is 436 g/mol. The van der Waals surface area contributed by atoms with E-state index in [9.17, 15) is 4.79 Å². The van der Waals surface area contributed by atoms with Gasteiger partial charge in [0.25, 0.3) is 5.91 Å². The van der Waals surface area contributed by atoms with Crippen LogP contribution in [0.5, 0.6) is 11.5 Å². The molecule has 2 aromatic heterocycles. The fourth-order valence-corrected chi connectivity index (χ4v) is 4.03. The van der Waals surface area contributed by atoms with Crippen LogP contribution in [0.2, 0.25) is 0 Å². The van der Waals surface area contributed by atoms with E-state index in [0.717, 1.165) is 21.7 Å². The Morgan fingerprint density at radius 2 is 1.81 bits per heavy atom. The maximum absolute atomic E-state index is 13.0. The van der Waals surface area contributed by atoms with Gasteiger partial charge in [-0.2, -0.15) is 0 Å². The highest BCUT2D eigenvalue weighted by atomic mass is 32.1. The third kappa shape index (κ3) is 4.13. The van der Waals surface area contributed by atoms with Crippen LogP contribution in [0.15, 0.2) is 47.2 Å². The number of carbonyl (C=O) groups excluding carboxylic acids is 1. The van der Waals surface area contributed by atoms with Crippen molar-refractivity contribution in [1.82, 2.24) is 15.2 Å². The fourth-order valence-electron chi connectivity index (χ4n) is 3.07. The highest BCUT2D eigenvalue weighted by molar-refractivity contribution is 7.17. The van der Waals surface area contributed by atoms with Gasteiger partial charge in [0.15, 0.2) is 11.5 Å². The van der Waals surface area contributed by atoms with Gasteiger partial charge in [-0.15, -0.1) is 21.5 Å². The highest BCUT2D eigenvalue weighted by Gasteiger charge is 2.19. The zero-order valence-corrected chi connectivity index (χ0v) is 18.2. The van der Waals surface area contributed by atoms with Gasteiger partial charge in [-0.25, -0.2) is 4.98 Å². The number of amides is 1. The number of thiazole rings is 1. The lowest BCUT2D eigenvalue weighted by Gasteiger charge is -2.09. The summed E-state index contributed by atoms with van der Waals surface area (Å²) in [4.78, 5) is 18.1. The van der Waals surface area contributed by atoms with Crippen molar-refractivity contribution in [3.05, 3.63) is 58.9 Å². The Kier molecular flexibility index (Phi) is 5.68. The van der Waals surface area contributed by atoms with E-state index in [-0.39, 0.29) is 5.91 Å². The van der Waals surface area contributed by atoms with Crippen molar-refractivity contribution in [2.45, 2.75) is 13.8 Å². The van der Waals surface area contributed by atoms with Crippen LogP contribution in [0.1, 0.15) is 20.9 Å². The molecular formula is C22H20N4O4S. The summed E-state index contributed by atoms with van der Waals surface area (Å²) in [5, 5.41) is 11.3. The van der Waals surface area contributed by atoms with Crippen molar-refractivity contribution in [1.29, 1.82) is 0 Å². The number of aromatic nitrogens is 3. The van der Waals surface area contributed by atoms with Crippen molar-refractivity contribution in [2.75, 3.05) is 19.5 Å². The van der Waals surface area contributed by atoms with Crippen molar-refractivity contribution in [2.24, 2.45) is 0 Å². The molecule has 0 unspecified atom stereocenters. The molecule has 0 saturated heterocycles. The lowest BCUT2D eigenvalue weighted by Crippen LogP contribution is -2.12. The molecule has 2 aromatic carbocycles. The van der Waals surface area contributed by atoms with Gasteiger partial charge in [-0.05, 0) is 49.7 Å². The number of nitrogens with one attached hydrogen (secondary N) is 1. The summed E-state index contributed by atoms with van der Waals surface area (Å²) < 4.78 is 15.9. The van der Waals surface area contributed by atoms with E-state index in [4.69, 9.17) is 13.9 Å². The number of nitrogens with zero attached hydrogens (tertiary/aromatic N) is 3. The lowest BCUT2D eigenvalue weighted by atomic mass is 10.1. The molecule has 0 aliphatic heterocycles. The Balaban J connectivity index is 1.61. The van der Waals surface area contributed by atoms with Crippen molar-refractivity contribution in [3.63, 3.8) is 0 Å². The number of carbonyl (C=O) groups is 1. The largest absolute Gasteiger partial charge is 0.493 e. The summed E-state index contributed by atoms with van der Waals surface area (Å²) in [5.74, 6) is 1.40. The fraction of sp³-hybridized carbons (Fsp3) is 0.182. The van der Waals surface area contributed by atoms with E-state index in [0.29, 0.717) is 33.6 Å². The third-order valence-corrected chi connectivity index (χ3v) is 5.93. The average molecular weight is 436 g/mol. The molecule has 1 N–H and O–H groups in total. The van der Waals surface area contributed by atoms with Crippen molar-refractivity contribution < 1.29 is 18.7 Å². The first-order chi connectivity index (χ1) is 15.0. The molecule has 4 rings (SSSR count). The highest BCUT2D eigenvalue weighted by Crippen LogP contribution is 2.35. The van der Waals surface area contributed by atoms with Gasteiger partial charge in [0, 0.05) is 16.8 Å². The minimum Gasteiger partial charge on any atom is -0.493 e. The number of hydrogen-bond acceptors (Lipinski definition) is 8. The summed E-state index contributed by atoms with van der Waals surface area (Å²) in [7, 11) is 3.17. The van der Waals surface area contributed by atoms with Crippen LogP contribution in [0.25, 0.3) is 22.0 Å². The Morgan fingerprint density at radius 3 is 2.52 bits per heavy atom. The summed E-state index contributed by atoms with van der Waals surface area (Å²) in [6.45, 7) is 3.74. The molecule has 0 fully saturated rings. The van der Waals surface area contributed by atoms with Gasteiger partial charge in [0.1, 0.15) is 9.88 Å². The summed E-state index contributed by atoms with van der Waals surface area (Å²) in [6.07, 6.45) is 1.27. The minimum atomic E-state index is -0.229. The number of rotatable bonds is 6. The molecule has 4 aromatic rings. The number of aryl methyl sites for hydroxylation is 2. The molecule has 1 amide bonds. The van der Waals surface area contributed by atoms with Gasteiger partial charge in [0.2, 0.25) is 12.3 Å². The van der Waals surface area contributed by atoms with Crippen LogP contribution in [0.4, 0.5) is 5.69 Å². The topological polar surface area (TPSA) is 99.4 Å². The van der Waals surface area contributed by atoms with E-state index in [1.807, 2.05) is 50.2 Å². The standard InChI is InChI=1S/C22H20N4O4S/c1-12-5-6-14(21-26-23-11-30-21)9-16(12)25-20(27)19-13(2)24-22(31-19)15-7-8-17(28-3)18(10-15)29-4/h5-11H,1-4H3,(H,25,27). The van der Waals surface area contributed by atoms with Crippen LogP contribution in [-0.2, 0) is 0 Å². The summed E-state index contributed by atoms with van der Waals surface area (Å²) in [5.41, 5.74) is 3.81. The molecule has 2 heterocycles. The third-order valence-electron chi connectivity index (χ3n) is 4.73. The number of hydrogen-bond donors (Lipinski definition) is 1. The second-order valence-corrected chi connectivity index (χ2v) is 7.73. The first-order valence-electron chi connectivity index (χ1n) is 9.38. The summed E-state index contributed by atoms with van der Waals surface area (Å²) in [6, 6.07) is 11.1. The van der Waals surface area contributed by atoms with E-state index in [1.165, 1.54) is 17.7 Å². The number of anilines is 1. The van der Waals surface area contributed by atoms with Crippen LogP contribution in [-0.4, -0.2) is 35.3 Å². The predicted octanol–water partition coefficient (Wildman–Crippen LogP) is 4.75. The normalized spacial score (nSPS) is 10.7. The predicted molar refractivity (Wildman–Crippen MR) is 118 cm³/mol. The first-order valence-corrected chi connectivity index (χ1v) is 10.2. The maximum atomic E-state index is 13.0. The van der Waals surface area contributed by atoms with Crippen LogP contribution in [0.3, 0.4) is 0 Å². The zero-order chi connectivity index (χ0) is 22.0. The second-order valence-electron chi connectivity index (χ2n) is 6.73. The SMILES string of the molecule is COc1ccc(-c2nc(C)c(C(=O)Nc3cc(-c4nnco4)ccc3C)s2)cc1OC. The molecule has 0 aliphatic carbocycles. The van der Waals surface area contributed by atoms with Gasteiger partial charge >= 0.3 is 0 Å². The molecule has 31 heavy (non-hydrogen) atoms. The number of ether oxygens (including phenoxy) is 2. The van der Waals surface area contributed by atoms with Crippen molar-refractivity contribution >= 4 is 22.9 Å². The molecule has 0 bridgehead atoms. The molecule has 9 heteroatoms. The molecule has 158 valence electrons. The molecule has 0 saturated carbocycles. The van der Waals surface area contributed by atoms with Crippen LogP contribution >= 0.6 is 11.3 Å². The maximum Gasteiger partial charge on any atom is 0.267 e. The minimum absolute atomic E-state index is 0.229. The Bertz CT molecular complexity index is 1230. The van der Waals surface area contributed by atoms with Crippen molar-refractivity contribution in [3.8, 4) is 33.5 Å².